The van der Waals surface area contributed by atoms with Gasteiger partial charge in [0.05, 0.1) is 6.61 Å². The Bertz CT molecular complexity index is 459. The minimum absolute atomic E-state index is 0.705. The van der Waals surface area contributed by atoms with Crippen molar-refractivity contribution in [3.63, 3.8) is 0 Å². The molecule has 0 heterocycles. The van der Waals surface area contributed by atoms with Crippen molar-refractivity contribution in [1.29, 1.82) is 0 Å². The van der Waals surface area contributed by atoms with Crippen molar-refractivity contribution in [1.82, 2.24) is 0 Å². The van der Waals surface area contributed by atoms with Gasteiger partial charge >= 0.3 is 0 Å². The molecule has 0 atom stereocenters. The molecule has 0 radical (unpaired) electrons. The minimum Gasteiger partial charge on any atom is -0.494 e. The number of hydrogen-bond acceptors (Lipinski definition) is 1. The van der Waals surface area contributed by atoms with Gasteiger partial charge in [0.15, 0.2) is 0 Å². The van der Waals surface area contributed by atoms with Gasteiger partial charge in [-0.15, -0.1) is 0 Å². The molecule has 2 aromatic carbocycles. The Morgan fingerprint density at radius 3 is 1.94 bits per heavy atom. The summed E-state index contributed by atoms with van der Waals surface area (Å²) < 4.78 is 5.41. The molecular formula is C15H15ClO. The fraction of sp³-hybridized carbons (Fsp3) is 0.200. The molecule has 0 fully saturated rings. The van der Waals surface area contributed by atoms with Crippen LogP contribution in [0.1, 0.15) is 18.1 Å². The van der Waals surface area contributed by atoms with Crippen LogP contribution in [0.4, 0.5) is 0 Å². The van der Waals surface area contributed by atoms with Crippen LogP contribution < -0.4 is 4.74 Å². The molecule has 2 aromatic rings. The van der Waals surface area contributed by atoms with E-state index < -0.39 is 0 Å². The van der Waals surface area contributed by atoms with Crippen molar-refractivity contribution in [2.24, 2.45) is 0 Å². The number of hydrogen-bond donors (Lipinski definition) is 0. The van der Waals surface area contributed by atoms with Crippen LogP contribution in [0.2, 0.25) is 5.02 Å². The van der Waals surface area contributed by atoms with Gasteiger partial charge < -0.3 is 4.74 Å². The Labute approximate surface area is 107 Å². The maximum atomic E-state index is 5.85. The van der Waals surface area contributed by atoms with E-state index in [1.165, 1.54) is 11.1 Å². The van der Waals surface area contributed by atoms with E-state index in [2.05, 4.69) is 24.3 Å². The Morgan fingerprint density at radius 2 is 1.41 bits per heavy atom. The van der Waals surface area contributed by atoms with E-state index in [0.717, 1.165) is 17.2 Å². The van der Waals surface area contributed by atoms with Gasteiger partial charge in [-0.2, -0.15) is 0 Å². The third kappa shape index (κ3) is 3.50. The Kier molecular flexibility index (Phi) is 4.05. The molecule has 2 rings (SSSR count). The van der Waals surface area contributed by atoms with Crippen LogP contribution in [-0.4, -0.2) is 6.61 Å². The quantitative estimate of drug-likeness (QED) is 0.780. The van der Waals surface area contributed by atoms with Crippen molar-refractivity contribution in [2.45, 2.75) is 13.3 Å². The second kappa shape index (κ2) is 5.74. The van der Waals surface area contributed by atoms with Gasteiger partial charge in [0.2, 0.25) is 0 Å². The van der Waals surface area contributed by atoms with Crippen LogP contribution in [0.15, 0.2) is 48.5 Å². The molecule has 17 heavy (non-hydrogen) atoms. The predicted octanol–water partition coefficient (Wildman–Crippen LogP) is 4.33. The van der Waals surface area contributed by atoms with E-state index in [0.29, 0.717) is 6.61 Å². The lowest BCUT2D eigenvalue weighted by Gasteiger charge is -2.05. The molecule has 0 N–H and O–H groups in total. The number of halogens is 1. The molecule has 2 heteroatoms. The first-order valence-electron chi connectivity index (χ1n) is 5.74. The van der Waals surface area contributed by atoms with E-state index in [1.807, 2.05) is 31.2 Å². The molecule has 88 valence electrons. The number of rotatable bonds is 4. The normalized spacial score (nSPS) is 10.2. The summed E-state index contributed by atoms with van der Waals surface area (Å²) in [7, 11) is 0. The lowest BCUT2D eigenvalue weighted by Crippen LogP contribution is -1.92. The van der Waals surface area contributed by atoms with Crippen LogP contribution in [-0.2, 0) is 6.42 Å². The van der Waals surface area contributed by atoms with Crippen molar-refractivity contribution in [3.8, 4) is 5.75 Å². The zero-order valence-electron chi connectivity index (χ0n) is 9.82. The fourth-order valence-electron chi connectivity index (χ4n) is 1.71. The Morgan fingerprint density at radius 1 is 0.882 bits per heavy atom. The van der Waals surface area contributed by atoms with E-state index in [9.17, 15) is 0 Å². The maximum absolute atomic E-state index is 5.85. The van der Waals surface area contributed by atoms with E-state index >= 15 is 0 Å². The fourth-order valence-corrected chi connectivity index (χ4v) is 1.83. The highest BCUT2D eigenvalue weighted by molar-refractivity contribution is 6.30. The highest BCUT2D eigenvalue weighted by atomic mass is 35.5. The summed E-state index contributed by atoms with van der Waals surface area (Å²) in [5, 5.41) is 0.778. The second-order valence-corrected chi connectivity index (χ2v) is 4.32. The largest absolute Gasteiger partial charge is 0.494 e. The van der Waals surface area contributed by atoms with Gasteiger partial charge in [0.25, 0.3) is 0 Å². The lowest BCUT2D eigenvalue weighted by atomic mass is 10.1. The first-order chi connectivity index (χ1) is 8.28. The Balaban J connectivity index is 2.05. The molecule has 0 saturated heterocycles. The maximum Gasteiger partial charge on any atom is 0.119 e. The molecule has 0 aliphatic carbocycles. The van der Waals surface area contributed by atoms with E-state index in [4.69, 9.17) is 16.3 Å². The van der Waals surface area contributed by atoms with Crippen molar-refractivity contribution in [2.75, 3.05) is 6.61 Å². The number of ether oxygens (including phenoxy) is 1. The molecule has 0 amide bonds. The summed E-state index contributed by atoms with van der Waals surface area (Å²) in [4.78, 5) is 0. The third-order valence-corrected chi connectivity index (χ3v) is 2.81. The average molecular weight is 247 g/mol. The van der Waals surface area contributed by atoms with Crippen LogP contribution in [0.5, 0.6) is 5.75 Å². The van der Waals surface area contributed by atoms with Crippen LogP contribution in [0.3, 0.4) is 0 Å². The minimum atomic E-state index is 0.705. The third-order valence-electron chi connectivity index (χ3n) is 2.56. The number of benzene rings is 2. The van der Waals surface area contributed by atoms with Gasteiger partial charge in [-0.1, -0.05) is 35.9 Å². The average Bonchev–Trinajstić information content (AvgIpc) is 2.35. The summed E-state index contributed by atoms with van der Waals surface area (Å²) >= 11 is 5.85. The van der Waals surface area contributed by atoms with Crippen LogP contribution >= 0.6 is 11.6 Å². The first-order valence-corrected chi connectivity index (χ1v) is 6.12. The molecule has 0 aromatic heterocycles. The molecule has 0 aliphatic rings. The van der Waals surface area contributed by atoms with Gasteiger partial charge in [-0.3, -0.25) is 0 Å². The standard InChI is InChI=1S/C15H15ClO/c1-2-17-15-9-5-13(6-10-15)11-12-3-7-14(16)8-4-12/h3-10H,2,11H2,1H3. The monoisotopic (exact) mass is 246 g/mol. The summed E-state index contributed by atoms with van der Waals surface area (Å²) in [6.45, 7) is 2.69. The highest BCUT2D eigenvalue weighted by Gasteiger charge is 1.97. The van der Waals surface area contributed by atoms with Gasteiger partial charge in [-0.05, 0) is 48.7 Å². The summed E-state index contributed by atoms with van der Waals surface area (Å²) in [5.41, 5.74) is 2.54. The second-order valence-electron chi connectivity index (χ2n) is 3.88. The van der Waals surface area contributed by atoms with E-state index in [1.54, 1.807) is 0 Å². The molecule has 0 unspecified atom stereocenters. The topological polar surface area (TPSA) is 9.23 Å². The molecule has 0 aliphatic heterocycles. The van der Waals surface area contributed by atoms with Gasteiger partial charge in [-0.25, -0.2) is 0 Å². The molecule has 0 saturated carbocycles. The molecule has 0 spiro atoms. The van der Waals surface area contributed by atoms with Crippen molar-refractivity contribution < 1.29 is 4.74 Å². The van der Waals surface area contributed by atoms with Crippen LogP contribution in [0.25, 0.3) is 0 Å². The van der Waals surface area contributed by atoms with Gasteiger partial charge in [0, 0.05) is 5.02 Å². The van der Waals surface area contributed by atoms with Crippen LogP contribution in [0, 0.1) is 0 Å². The zero-order chi connectivity index (χ0) is 12.1. The lowest BCUT2D eigenvalue weighted by molar-refractivity contribution is 0.340. The van der Waals surface area contributed by atoms with Crippen molar-refractivity contribution in [3.05, 3.63) is 64.7 Å². The summed E-state index contributed by atoms with van der Waals surface area (Å²) in [6.07, 6.45) is 0.920. The molecule has 1 nitrogen and oxygen atoms in total. The summed E-state index contributed by atoms with van der Waals surface area (Å²) in [5.74, 6) is 0.923. The predicted molar refractivity (Wildman–Crippen MR) is 71.9 cm³/mol. The van der Waals surface area contributed by atoms with E-state index in [-0.39, 0.29) is 0 Å². The molecule has 0 bridgehead atoms. The Hall–Kier alpha value is -1.47. The molecular weight excluding hydrogens is 232 g/mol. The smallest absolute Gasteiger partial charge is 0.119 e. The summed E-state index contributed by atoms with van der Waals surface area (Å²) in [6, 6.07) is 16.2. The highest BCUT2D eigenvalue weighted by Crippen LogP contribution is 2.16. The first kappa shape index (κ1) is 12.0. The van der Waals surface area contributed by atoms with Crippen molar-refractivity contribution >= 4 is 11.6 Å². The zero-order valence-corrected chi connectivity index (χ0v) is 10.6. The SMILES string of the molecule is CCOc1ccc(Cc2ccc(Cl)cc2)cc1. The van der Waals surface area contributed by atoms with Gasteiger partial charge in [0.1, 0.15) is 5.75 Å².